The number of aromatic nitrogens is 4. The van der Waals surface area contributed by atoms with Crippen molar-refractivity contribution in [2.45, 2.75) is 20.5 Å². The molecule has 0 aliphatic carbocycles. The molecule has 0 aliphatic rings. The summed E-state index contributed by atoms with van der Waals surface area (Å²) in [5.41, 5.74) is 0.664. The van der Waals surface area contributed by atoms with E-state index in [1.165, 1.54) is 11.3 Å². The number of rotatable bonds is 2. The topological polar surface area (TPSA) is 63.8 Å². The van der Waals surface area contributed by atoms with Crippen molar-refractivity contribution < 1.29 is 5.11 Å². The highest BCUT2D eigenvalue weighted by Gasteiger charge is 2.08. The van der Waals surface area contributed by atoms with E-state index in [9.17, 15) is 0 Å². The zero-order valence-electron chi connectivity index (χ0n) is 7.93. The van der Waals surface area contributed by atoms with Crippen LogP contribution in [0.2, 0.25) is 0 Å². The molecule has 6 heteroatoms. The van der Waals surface area contributed by atoms with E-state index in [4.69, 9.17) is 5.11 Å². The minimum atomic E-state index is -0.0385. The maximum atomic E-state index is 8.87. The average molecular weight is 210 g/mol. The molecule has 14 heavy (non-hydrogen) atoms. The van der Waals surface area contributed by atoms with Crippen LogP contribution in [0.3, 0.4) is 0 Å². The molecule has 2 heterocycles. The SMILES string of the molecule is Cc1nc(C)n(-c2nc(CO)cs2)n1. The third-order valence-electron chi connectivity index (χ3n) is 1.76. The predicted molar refractivity (Wildman–Crippen MR) is 52.4 cm³/mol. The molecule has 0 aliphatic heterocycles. The number of aliphatic hydroxyl groups is 1. The average Bonchev–Trinajstić information content (AvgIpc) is 2.71. The summed E-state index contributed by atoms with van der Waals surface area (Å²) >= 11 is 1.44. The number of aryl methyl sites for hydroxylation is 2. The monoisotopic (exact) mass is 210 g/mol. The molecule has 2 rings (SSSR count). The van der Waals surface area contributed by atoms with Crippen LogP contribution in [-0.2, 0) is 6.61 Å². The molecule has 0 amide bonds. The van der Waals surface area contributed by atoms with Gasteiger partial charge in [0.25, 0.3) is 0 Å². The van der Waals surface area contributed by atoms with Gasteiger partial charge in [0.2, 0.25) is 5.13 Å². The smallest absolute Gasteiger partial charge is 0.212 e. The van der Waals surface area contributed by atoms with Crippen molar-refractivity contribution in [1.82, 2.24) is 19.7 Å². The van der Waals surface area contributed by atoms with Crippen LogP contribution in [-0.4, -0.2) is 24.9 Å². The minimum Gasteiger partial charge on any atom is -0.390 e. The van der Waals surface area contributed by atoms with Crippen molar-refractivity contribution in [2.24, 2.45) is 0 Å². The van der Waals surface area contributed by atoms with E-state index in [0.29, 0.717) is 5.69 Å². The summed E-state index contributed by atoms with van der Waals surface area (Å²) in [7, 11) is 0. The second-order valence-electron chi connectivity index (χ2n) is 2.90. The van der Waals surface area contributed by atoms with Gasteiger partial charge in [0, 0.05) is 5.38 Å². The van der Waals surface area contributed by atoms with E-state index < -0.39 is 0 Å². The van der Waals surface area contributed by atoms with Gasteiger partial charge in [-0.3, -0.25) is 0 Å². The first kappa shape index (κ1) is 9.29. The molecular weight excluding hydrogens is 200 g/mol. The highest BCUT2D eigenvalue weighted by Crippen LogP contribution is 2.15. The van der Waals surface area contributed by atoms with Crippen LogP contribution >= 0.6 is 11.3 Å². The van der Waals surface area contributed by atoms with Crippen molar-refractivity contribution in [3.05, 3.63) is 22.7 Å². The van der Waals surface area contributed by atoms with Crippen LogP contribution in [0.4, 0.5) is 0 Å². The molecular formula is C8H10N4OS. The zero-order chi connectivity index (χ0) is 10.1. The third-order valence-corrected chi connectivity index (χ3v) is 2.62. The van der Waals surface area contributed by atoms with Crippen LogP contribution in [0, 0.1) is 13.8 Å². The molecule has 0 radical (unpaired) electrons. The van der Waals surface area contributed by atoms with Gasteiger partial charge >= 0.3 is 0 Å². The summed E-state index contributed by atoms with van der Waals surface area (Å²) in [4.78, 5) is 8.38. The molecule has 0 bridgehead atoms. The van der Waals surface area contributed by atoms with Gasteiger partial charge in [-0.15, -0.1) is 16.4 Å². The van der Waals surface area contributed by atoms with Gasteiger partial charge in [-0.1, -0.05) is 0 Å². The molecule has 0 atom stereocenters. The highest BCUT2D eigenvalue weighted by molar-refractivity contribution is 7.12. The maximum Gasteiger partial charge on any atom is 0.212 e. The Hall–Kier alpha value is -1.27. The summed E-state index contributed by atoms with van der Waals surface area (Å²) in [5.74, 6) is 1.53. The fraction of sp³-hybridized carbons (Fsp3) is 0.375. The van der Waals surface area contributed by atoms with E-state index in [2.05, 4.69) is 15.1 Å². The first-order chi connectivity index (χ1) is 6.70. The molecule has 1 N–H and O–H groups in total. The Morgan fingerprint density at radius 2 is 2.21 bits per heavy atom. The van der Waals surface area contributed by atoms with Crippen LogP contribution in [0.5, 0.6) is 0 Å². The standard InChI is InChI=1S/C8H10N4OS/c1-5-9-6(2)12(11-5)8-10-7(3-13)4-14-8/h4,13H,3H2,1-2H3. The Morgan fingerprint density at radius 1 is 1.43 bits per heavy atom. The Bertz CT molecular complexity index is 448. The van der Waals surface area contributed by atoms with Gasteiger partial charge in [-0.05, 0) is 13.8 Å². The molecule has 2 aromatic rings. The van der Waals surface area contributed by atoms with Crippen LogP contribution in [0.15, 0.2) is 5.38 Å². The second kappa shape index (κ2) is 3.47. The predicted octanol–water partition coefficient (Wildman–Crippen LogP) is 0.833. The van der Waals surface area contributed by atoms with E-state index in [1.807, 2.05) is 19.2 Å². The normalized spacial score (nSPS) is 10.8. The van der Waals surface area contributed by atoms with Crippen LogP contribution in [0.1, 0.15) is 17.3 Å². The lowest BCUT2D eigenvalue weighted by Crippen LogP contribution is -1.99. The Labute approximate surface area is 85.1 Å². The zero-order valence-corrected chi connectivity index (χ0v) is 8.75. The number of hydrogen-bond acceptors (Lipinski definition) is 5. The molecule has 0 spiro atoms. The maximum absolute atomic E-state index is 8.87. The van der Waals surface area contributed by atoms with Crippen molar-refractivity contribution in [1.29, 1.82) is 0 Å². The fourth-order valence-electron chi connectivity index (χ4n) is 1.17. The Kier molecular flexibility index (Phi) is 2.30. The van der Waals surface area contributed by atoms with Gasteiger partial charge in [0.05, 0.1) is 12.3 Å². The molecule has 2 aromatic heterocycles. The molecule has 0 saturated heterocycles. The van der Waals surface area contributed by atoms with Gasteiger partial charge in [-0.25, -0.2) is 9.97 Å². The van der Waals surface area contributed by atoms with Crippen molar-refractivity contribution in [2.75, 3.05) is 0 Å². The number of nitrogens with zero attached hydrogens (tertiary/aromatic N) is 4. The van der Waals surface area contributed by atoms with E-state index in [1.54, 1.807) is 4.68 Å². The lowest BCUT2D eigenvalue weighted by atomic mass is 10.5. The number of hydrogen-bond donors (Lipinski definition) is 1. The van der Waals surface area contributed by atoms with E-state index in [-0.39, 0.29) is 6.61 Å². The lowest BCUT2D eigenvalue weighted by Gasteiger charge is -1.94. The Morgan fingerprint density at radius 3 is 2.71 bits per heavy atom. The Balaban J connectivity index is 2.43. The lowest BCUT2D eigenvalue weighted by molar-refractivity contribution is 0.277. The molecule has 0 fully saturated rings. The summed E-state index contributed by atoms with van der Waals surface area (Å²) in [5, 5.41) is 15.6. The minimum absolute atomic E-state index is 0.0385. The van der Waals surface area contributed by atoms with Crippen molar-refractivity contribution in [3.63, 3.8) is 0 Å². The summed E-state index contributed by atoms with van der Waals surface area (Å²) in [6.45, 7) is 3.67. The first-order valence-electron chi connectivity index (χ1n) is 4.16. The molecule has 0 aromatic carbocycles. The molecule has 5 nitrogen and oxygen atoms in total. The van der Waals surface area contributed by atoms with Crippen molar-refractivity contribution >= 4 is 11.3 Å². The molecule has 74 valence electrons. The summed E-state index contributed by atoms with van der Waals surface area (Å²) in [6, 6.07) is 0. The fourth-order valence-corrected chi connectivity index (χ4v) is 1.98. The van der Waals surface area contributed by atoms with Gasteiger partial charge in [-0.2, -0.15) is 4.68 Å². The quantitative estimate of drug-likeness (QED) is 0.797. The van der Waals surface area contributed by atoms with Crippen LogP contribution < -0.4 is 0 Å². The van der Waals surface area contributed by atoms with Gasteiger partial charge in [0.15, 0.2) is 0 Å². The largest absolute Gasteiger partial charge is 0.390 e. The van der Waals surface area contributed by atoms with E-state index >= 15 is 0 Å². The summed E-state index contributed by atoms with van der Waals surface area (Å²) < 4.78 is 1.68. The van der Waals surface area contributed by atoms with Gasteiger partial charge in [0.1, 0.15) is 11.6 Å². The number of aliphatic hydroxyl groups excluding tert-OH is 1. The first-order valence-corrected chi connectivity index (χ1v) is 5.04. The number of thiazole rings is 1. The molecule has 0 unspecified atom stereocenters. The second-order valence-corrected chi connectivity index (χ2v) is 3.73. The third kappa shape index (κ3) is 1.53. The van der Waals surface area contributed by atoms with Crippen LogP contribution in [0.25, 0.3) is 5.13 Å². The summed E-state index contributed by atoms with van der Waals surface area (Å²) in [6.07, 6.45) is 0. The highest BCUT2D eigenvalue weighted by atomic mass is 32.1. The van der Waals surface area contributed by atoms with E-state index in [0.717, 1.165) is 16.8 Å². The molecule has 0 saturated carbocycles. The van der Waals surface area contributed by atoms with Crippen molar-refractivity contribution in [3.8, 4) is 5.13 Å². The van der Waals surface area contributed by atoms with Gasteiger partial charge < -0.3 is 5.11 Å².